The SMILES string of the molecule is Cn1cc(-c2cccc(-n3nc(C(F)(F)F)nc3Nc3ccc4c(c3)CCC(N3CCCC3)CC4)n2)ccc1=O. The van der Waals surface area contributed by atoms with E-state index in [2.05, 4.69) is 31.3 Å². The molecule has 1 aliphatic heterocycles. The van der Waals surface area contributed by atoms with Crippen molar-refractivity contribution in [2.24, 2.45) is 7.05 Å². The van der Waals surface area contributed by atoms with Gasteiger partial charge in [-0.15, -0.1) is 5.10 Å². The van der Waals surface area contributed by atoms with Crippen LogP contribution < -0.4 is 10.9 Å². The molecule has 40 heavy (non-hydrogen) atoms. The lowest BCUT2D eigenvalue weighted by Crippen LogP contribution is -2.32. The second-order valence-corrected chi connectivity index (χ2v) is 10.5. The normalized spacial score (nSPS) is 17.9. The first-order chi connectivity index (χ1) is 19.2. The Hall–Kier alpha value is -3.99. The van der Waals surface area contributed by atoms with Gasteiger partial charge < -0.3 is 14.8 Å². The lowest BCUT2D eigenvalue weighted by Gasteiger charge is -2.25. The van der Waals surface area contributed by atoms with Crippen molar-refractivity contribution in [3.8, 4) is 17.1 Å². The Balaban J connectivity index is 1.30. The van der Waals surface area contributed by atoms with Crippen molar-refractivity contribution < 1.29 is 13.2 Å². The Labute approximate surface area is 229 Å². The summed E-state index contributed by atoms with van der Waals surface area (Å²) in [5.74, 6) is -1.17. The molecule has 3 aromatic heterocycles. The zero-order valence-corrected chi connectivity index (χ0v) is 22.2. The van der Waals surface area contributed by atoms with E-state index < -0.39 is 12.0 Å². The standard InChI is InChI=1S/C29H30F3N7O/c1-37-18-21(10-14-26(37)40)24-5-4-6-25(34-24)39-28(35-27(36-39)29(30,31)32)33-22-11-7-19-8-12-23(13-9-20(19)17-22)38-15-2-3-16-38/h4-7,10-11,14,17-18,23H,2-3,8-9,12-13,15-16H2,1H3,(H,33,35,36). The van der Waals surface area contributed by atoms with Crippen molar-refractivity contribution in [2.75, 3.05) is 18.4 Å². The van der Waals surface area contributed by atoms with E-state index in [0.717, 1.165) is 30.4 Å². The second kappa shape index (κ2) is 10.5. The molecule has 0 bridgehead atoms. The number of aromatic nitrogens is 5. The molecule has 0 saturated carbocycles. The van der Waals surface area contributed by atoms with Crippen molar-refractivity contribution in [3.05, 3.63) is 82.0 Å². The molecule has 2 aliphatic rings. The van der Waals surface area contributed by atoms with E-state index in [1.165, 1.54) is 47.7 Å². The van der Waals surface area contributed by atoms with Crippen LogP contribution in [0.4, 0.5) is 24.8 Å². The summed E-state index contributed by atoms with van der Waals surface area (Å²) in [6.45, 7) is 2.34. The number of nitrogens with one attached hydrogen (secondary N) is 1. The third-order valence-electron chi connectivity index (χ3n) is 7.81. The van der Waals surface area contributed by atoms with Crippen LogP contribution in [0.3, 0.4) is 0 Å². The average Bonchev–Trinajstić information content (AvgIpc) is 3.57. The van der Waals surface area contributed by atoms with Crippen molar-refractivity contribution in [3.63, 3.8) is 0 Å². The first-order valence-electron chi connectivity index (χ1n) is 13.6. The van der Waals surface area contributed by atoms with Gasteiger partial charge in [0.2, 0.25) is 11.5 Å². The van der Waals surface area contributed by atoms with E-state index in [0.29, 0.717) is 23.0 Å². The minimum atomic E-state index is -4.73. The van der Waals surface area contributed by atoms with Crippen LogP contribution in [0.5, 0.6) is 0 Å². The van der Waals surface area contributed by atoms with Gasteiger partial charge in [0.15, 0.2) is 5.82 Å². The van der Waals surface area contributed by atoms with Gasteiger partial charge >= 0.3 is 6.18 Å². The molecule has 1 fully saturated rings. The van der Waals surface area contributed by atoms with Crippen LogP contribution >= 0.6 is 0 Å². The van der Waals surface area contributed by atoms with Gasteiger partial charge in [0.25, 0.3) is 5.82 Å². The predicted molar refractivity (Wildman–Crippen MR) is 146 cm³/mol. The van der Waals surface area contributed by atoms with Gasteiger partial charge in [-0.3, -0.25) is 4.79 Å². The molecule has 0 spiro atoms. The van der Waals surface area contributed by atoms with Crippen molar-refractivity contribution in [1.82, 2.24) is 29.2 Å². The summed E-state index contributed by atoms with van der Waals surface area (Å²) in [7, 11) is 1.62. The van der Waals surface area contributed by atoms with E-state index in [1.54, 1.807) is 37.5 Å². The Kier molecular flexibility index (Phi) is 6.91. The number of fused-ring (bicyclic) bond motifs is 1. The largest absolute Gasteiger partial charge is 0.453 e. The highest BCUT2D eigenvalue weighted by Gasteiger charge is 2.37. The highest BCUT2D eigenvalue weighted by molar-refractivity contribution is 5.61. The third-order valence-corrected chi connectivity index (χ3v) is 7.81. The third kappa shape index (κ3) is 5.38. The Morgan fingerprint density at radius 2 is 1.73 bits per heavy atom. The highest BCUT2D eigenvalue weighted by atomic mass is 19.4. The Morgan fingerprint density at radius 3 is 2.48 bits per heavy atom. The van der Waals surface area contributed by atoms with E-state index in [4.69, 9.17) is 0 Å². The van der Waals surface area contributed by atoms with Gasteiger partial charge in [0, 0.05) is 36.6 Å². The summed E-state index contributed by atoms with van der Waals surface area (Å²) in [5.41, 5.74) is 4.10. The van der Waals surface area contributed by atoms with Gasteiger partial charge in [-0.1, -0.05) is 12.1 Å². The quantitative estimate of drug-likeness (QED) is 0.348. The van der Waals surface area contributed by atoms with Gasteiger partial charge in [0.1, 0.15) is 0 Å². The topological polar surface area (TPSA) is 80.9 Å². The Bertz CT molecular complexity index is 1590. The minimum Gasteiger partial charge on any atom is -0.324 e. The molecular formula is C29H30F3N7O. The van der Waals surface area contributed by atoms with Gasteiger partial charge in [-0.2, -0.15) is 22.8 Å². The van der Waals surface area contributed by atoms with Crippen LogP contribution in [0.25, 0.3) is 17.1 Å². The highest BCUT2D eigenvalue weighted by Crippen LogP contribution is 2.32. The summed E-state index contributed by atoms with van der Waals surface area (Å²) >= 11 is 0. The molecule has 0 amide bonds. The van der Waals surface area contributed by atoms with Crippen LogP contribution in [0.2, 0.25) is 0 Å². The summed E-state index contributed by atoms with van der Waals surface area (Å²) in [5, 5.41) is 6.84. The molecule has 1 aromatic carbocycles. The van der Waals surface area contributed by atoms with E-state index in [1.807, 2.05) is 12.1 Å². The molecule has 0 radical (unpaired) electrons. The Morgan fingerprint density at radius 1 is 0.950 bits per heavy atom. The molecule has 1 N–H and O–H groups in total. The molecule has 11 heteroatoms. The fourth-order valence-corrected chi connectivity index (χ4v) is 5.69. The number of benzene rings is 1. The number of halogens is 3. The number of rotatable bonds is 5. The predicted octanol–water partition coefficient (Wildman–Crippen LogP) is 5.13. The lowest BCUT2D eigenvalue weighted by atomic mass is 10.0. The number of pyridine rings is 2. The molecule has 1 atom stereocenters. The fourth-order valence-electron chi connectivity index (χ4n) is 5.69. The zero-order valence-electron chi connectivity index (χ0n) is 22.2. The molecule has 208 valence electrons. The monoisotopic (exact) mass is 549 g/mol. The number of hydrogen-bond donors (Lipinski definition) is 1. The van der Waals surface area contributed by atoms with Gasteiger partial charge in [0.05, 0.1) is 5.69 Å². The van der Waals surface area contributed by atoms with E-state index in [-0.39, 0.29) is 17.3 Å². The van der Waals surface area contributed by atoms with E-state index >= 15 is 0 Å². The van der Waals surface area contributed by atoms with Crippen LogP contribution in [-0.2, 0) is 26.1 Å². The summed E-state index contributed by atoms with van der Waals surface area (Å²) in [6, 6.07) is 14.6. The first-order valence-corrected chi connectivity index (χ1v) is 13.6. The number of nitrogens with zero attached hydrogens (tertiary/aromatic N) is 6. The first kappa shape index (κ1) is 26.2. The van der Waals surface area contributed by atoms with E-state index in [9.17, 15) is 18.0 Å². The number of hydrogen-bond acceptors (Lipinski definition) is 6. The van der Waals surface area contributed by atoms with Crippen LogP contribution in [0, 0.1) is 0 Å². The van der Waals surface area contributed by atoms with Crippen LogP contribution in [0.1, 0.15) is 42.6 Å². The smallest absolute Gasteiger partial charge is 0.324 e. The molecule has 4 heterocycles. The molecule has 6 rings (SSSR count). The fraction of sp³-hybridized carbons (Fsp3) is 0.379. The maximum Gasteiger partial charge on any atom is 0.453 e. The molecule has 1 unspecified atom stereocenters. The van der Waals surface area contributed by atoms with Crippen molar-refractivity contribution >= 4 is 11.6 Å². The lowest BCUT2D eigenvalue weighted by molar-refractivity contribution is -0.144. The van der Waals surface area contributed by atoms with Crippen molar-refractivity contribution in [1.29, 1.82) is 0 Å². The van der Waals surface area contributed by atoms with Crippen LogP contribution in [0.15, 0.2) is 59.5 Å². The number of aryl methyl sites for hydroxylation is 3. The zero-order chi connectivity index (χ0) is 27.9. The molecule has 1 aliphatic carbocycles. The molecule has 1 saturated heterocycles. The number of likely N-dealkylation sites (tertiary alicyclic amines) is 1. The van der Waals surface area contributed by atoms with Gasteiger partial charge in [-0.25, -0.2) is 4.98 Å². The molecule has 4 aromatic rings. The summed E-state index contributed by atoms with van der Waals surface area (Å²) in [4.78, 5) is 22.7. The van der Waals surface area contributed by atoms with Gasteiger partial charge in [-0.05, 0) is 93.1 Å². The number of alkyl halides is 3. The maximum atomic E-state index is 13.7. The van der Waals surface area contributed by atoms with Crippen LogP contribution in [-0.4, -0.2) is 48.3 Å². The maximum absolute atomic E-state index is 13.7. The number of anilines is 2. The average molecular weight is 550 g/mol. The van der Waals surface area contributed by atoms with Crippen molar-refractivity contribution in [2.45, 2.75) is 50.7 Å². The minimum absolute atomic E-state index is 0.0825. The molecule has 8 nitrogen and oxygen atoms in total. The molecular weight excluding hydrogens is 519 g/mol. The summed E-state index contributed by atoms with van der Waals surface area (Å²) < 4.78 is 43.5. The second-order valence-electron chi connectivity index (χ2n) is 10.5. The summed E-state index contributed by atoms with van der Waals surface area (Å²) in [6.07, 6.45) is 3.55.